The molecule has 1 atom stereocenters. The van der Waals surface area contributed by atoms with Crippen LogP contribution in [-0.4, -0.2) is 33.9 Å². The summed E-state index contributed by atoms with van der Waals surface area (Å²) in [5, 5.41) is 3.98. The van der Waals surface area contributed by atoms with Crippen molar-refractivity contribution in [2.45, 2.75) is 19.3 Å². The number of hydrogen-bond acceptors (Lipinski definition) is 4. The maximum Gasteiger partial charge on any atom is 0.255 e. The van der Waals surface area contributed by atoms with Crippen LogP contribution in [0.25, 0.3) is 22.0 Å². The number of benzene rings is 3. The zero-order valence-electron chi connectivity index (χ0n) is 18.6. The fourth-order valence-corrected chi connectivity index (χ4v) is 4.54. The summed E-state index contributed by atoms with van der Waals surface area (Å²) in [4.78, 5) is 23.8. The van der Waals surface area contributed by atoms with E-state index in [1.54, 1.807) is 6.33 Å². The largest absolute Gasteiger partial charge is 0.377 e. The molecule has 0 saturated carbocycles. The Bertz CT molecular complexity index is 1300. The van der Waals surface area contributed by atoms with Crippen molar-refractivity contribution < 1.29 is 4.79 Å². The van der Waals surface area contributed by atoms with Gasteiger partial charge in [0, 0.05) is 41.8 Å². The Morgan fingerprint density at radius 3 is 2.67 bits per heavy atom. The second kappa shape index (κ2) is 9.25. The van der Waals surface area contributed by atoms with Crippen LogP contribution in [0.1, 0.15) is 35.2 Å². The number of aromatic nitrogens is 2. The van der Waals surface area contributed by atoms with Gasteiger partial charge in [-0.2, -0.15) is 0 Å². The molecule has 1 unspecified atom stereocenters. The van der Waals surface area contributed by atoms with Gasteiger partial charge in [0.25, 0.3) is 5.91 Å². The summed E-state index contributed by atoms with van der Waals surface area (Å²) in [6.07, 6.45) is 8.88. The van der Waals surface area contributed by atoms with E-state index in [2.05, 4.69) is 51.5 Å². The van der Waals surface area contributed by atoms with Gasteiger partial charge in [0.15, 0.2) is 0 Å². The maximum absolute atomic E-state index is 12.6. The number of likely N-dealkylation sites (tertiary alicyclic amines) is 1. The van der Waals surface area contributed by atoms with Crippen molar-refractivity contribution in [3.8, 4) is 11.1 Å². The van der Waals surface area contributed by atoms with Crippen molar-refractivity contribution in [3.05, 3.63) is 103 Å². The molecule has 5 nitrogen and oxygen atoms in total. The van der Waals surface area contributed by atoms with Crippen LogP contribution < -0.4 is 5.32 Å². The first-order chi connectivity index (χ1) is 16.2. The standard InChI is InChI=1S/C28H26N4O/c1-2-13-32-14-12-22(18-32)26-16-23(15-24-17-29-19-30-27(24)26)20-8-10-21(11-9-20)28(33)31-25-6-4-3-5-7-25/h2-11,13,15-17,19,22H,12,14,18H2,1H3,(H,31,33). The Kier molecular flexibility index (Phi) is 5.85. The number of hydrogen-bond donors (Lipinski definition) is 1. The minimum Gasteiger partial charge on any atom is -0.377 e. The number of carbonyl (C=O) groups is 1. The summed E-state index contributed by atoms with van der Waals surface area (Å²) in [5.41, 5.74) is 5.90. The van der Waals surface area contributed by atoms with Crippen LogP contribution in [0.15, 0.2) is 91.5 Å². The summed E-state index contributed by atoms with van der Waals surface area (Å²) in [7, 11) is 0. The van der Waals surface area contributed by atoms with Crippen LogP contribution in [0.3, 0.4) is 0 Å². The molecule has 0 aliphatic carbocycles. The fourth-order valence-electron chi connectivity index (χ4n) is 4.54. The molecule has 4 aromatic rings. The van der Waals surface area contributed by atoms with Crippen LogP contribution in [0.5, 0.6) is 0 Å². The van der Waals surface area contributed by atoms with Gasteiger partial charge in [-0.05, 0) is 72.6 Å². The maximum atomic E-state index is 12.6. The molecule has 33 heavy (non-hydrogen) atoms. The number of nitrogens with zero attached hydrogens (tertiary/aromatic N) is 3. The Labute approximate surface area is 193 Å². The molecule has 1 aromatic heterocycles. The van der Waals surface area contributed by atoms with Crippen molar-refractivity contribution in [3.63, 3.8) is 0 Å². The van der Waals surface area contributed by atoms with Crippen molar-refractivity contribution in [2.75, 3.05) is 18.4 Å². The third-order valence-electron chi connectivity index (χ3n) is 6.17. The number of amides is 1. The summed E-state index contributed by atoms with van der Waals surface area (Å²) < 4.78 is 0. The molecule has 0 bridgehead atoms. The van der Waals surface area contributed by atoms with Crippen LogP contribution >= 0.6 is 0 Å². The van der Waals surface area contributed by atoms with E-state index in [1.807, 2.05) is 60.8 Å². The molecule has 3 aromatic carbocycles. The Balaban J connectivity index is 1.44. The molecule has 1 amide bonds. The van der Waals surface area contributed by atoms with Crippen molar-refractivity contribution in [1.82, 2.24) is 14.9 Å². The minimum atomic E-state index is -0.115. The van der Waals surface area contributed by atoms with Gasteiger partial charge in [0.2, 0.25) is 0 Å². The lowest BCUT2D eigenvalue weighted by atomic mass is 9.91. The summed E-state index contributed by atoms with van der Waals surface area (Å²) >= 11 is 0. The second-order valence-electron chi connectivity index (χ2n) is 8.39. The van der Waals surface area contributed by atoms with Gasteiger partial charge >= 0.3 is 0 Å². The molecule has 1 aliphatic rings. The predicted molar refractivity (Wildman–Crippen MR) is 133 cm³/mol. The molecular weight excluding hydrogens is 408 g/mol. The molecular formula is C28H26N4O. The SMILES string of the molecule is CC=CN1CCC(c2cc(-c3ccc(C(=O)Nc4ccccc4)cc3)cc3cncnc23)C1. The highest BCUT2D eigenvalue weighted by Gasteiger charge is 2.24. The molecule has 164 valence electrons. The fraction of sp³-hybridized carbons (Fsp3) is 0.179. The number of nitrogens with one attached hydrogen (secondary N) is 1. The van der Waals surface area contributed by atoms with Crippen molar-refractivity contribution in [2.24, 2.45) is 0 Å². The van der Waals surface area contributed by atoms with Gasteiger partial charge in [-0.25, -0.2) is 9.97 Å². The van der Waals surface area contributed by atoms with Gasteiger partial charge < -0.3 is 10.2 Å². The molecule has 1 fully saturated rings. The smallest absolute Gasteiger partial charge is 0.255 e. The van der Waals surface area contributed by atoms with Crippen LogP contribution in [0.2, 0.25) is 0 Å². The highest BCUT2D eigenvalue weighted by atomic mass is 16.1. The van der Waals surface area contributed by atoms with Gasteiger partial charge in [0.1, 0.15) is 6.33 Å². The van der Waals surface area contributed by atoms with E-state index in [0.717, 1.165) is 47.2 Å². The van der Waals surface area contributed by atoms with Crippen LogP contribution in [-0.2, 0) is 0 Å². The van der Waals surface area contributed by atoms with E-state index in [4.69, 9.17) is 0 Å². The number of fused-ring (bicyclic) bond motifs is 1. The Morgan fingerprint density at radius 1 is 1.06 bits per heavy atom. The number of carbonyl (C=O) groups excluding carboxylic acids is 1. The quantitative estimate of drug-likeness (QED) is 0.427. The first kappa shape index (κ1) is 20.9. The first-order valence-corrected chi connectivity index (χ1v) is 11.3. The topological polar surface area (TPSA) is 58.1 Å². The van der Waals surface area contributed by atoms with E-state index in [-0.39, 0.29) is 5.91 Å². The van der Waals surface area contributed by atoms with Gasteiger partial charge in [0.05, 0.1) is 5.52 Å². The van der Waals surface area contributed by atoms with E-state index in [9.17, 15) is 4.79 Å². The zero-order chi connectivity index (χ0) is 22.6. The number of anilines is 1. The third-order valence-corrected chi connectivity index (χ3v) is 6.17. The molecule has 0 spiro atoms. The molecule has 5 heteroatoms. The van der Waals surface area contributed by atoms with Gasteiger partial charge in [-0.3, -0.25) is 4.79 Å². The van der Waals surface area contributed by atoms with Crippen molar-refractivity contribution in [1.29, 1.82) is 0 Å². The third kappa shape index (κ3) is 4.48. The zero-order valence-corrected chi connectivity index (χ0v) is 18.6. The molecule has 1 N–H and O–H groups in total. The average Bonchev–Trinajstić information content (AvgIpc) is 3.33. The van der Waals surface area contributed by atoms with E-state index >= 15 is 0 Å². The lowest BCUT2D eigenvalue weighted by molar-refractivity contribution is 0.102. The average molecular weight is 435 g/mol. The van der Waals surface area contributed by atoms with Crippen molar-refractivity contribution >= 4 is 22.5 Å². The van der Waals surface area contributed by atoms with Crippen LogP contribution in [0, 0.1) is 0 Å². The summed E-state index contributed by atoms with van der Waals surface area (Å²) in [5.74, 6) is 0.310. The molecule has 0 radical (unpaired) electrons. The Morgan fingerprint density at radius 2 is 1.88 bits per heavy atom. The lowest BCUT2D eigenvalue weighted by Gasteiger charge is -2.16. The summed E-state index contributed by atoms with van der Waals surface area (Å²) in [6.45, 7) is 4.10. The molecule has 5 rings (SSSR count). The van der Waals surface area contributed by atoms with E-state index in [1.165, 1.54) is 5.56 Å². The van der Waals surface area contributed by atoms with Crippen LogP contribution in [0.4, 0.5) is 5.69 Å². The number of rotatable bonds is 5. The Hall–Kier alpha value is -3.99. The first-order valence-electron chi connectivity index (χ1n) is 11.3. The highest BCUT2D eigenvalue weighted by Crippen LogP contribution is 2.35. The summed E-state index contributed by atoms with van der Waals surface area (Å²) in [6, 6.07) is 21.7. The molecule has 1 aliphatic heterocycles. The molecule has 1 saturated heterocycles. The monoisotopic (exact) mass is 434 g/mol. The highest BCUT2D eigenvalue weighted by molar-refractivity contribution is 6.04. The number of para-hydroxylation sites is 1. The number of allylic oxidation sites excluding steroid dienone is 1. The van der Waals surface area contributed by atoms with E-state index in [0.29, 0.717) is 11.5 Å². The van der Waals surface area contributed by atoms with Gasteiger partial charge in [-0.1, -0.05) is 36.4 Å². The van der Waals surface area contributed by atoms with E-state index < -0.39 is 0 Å². The normalized spacial score (nSPS) is 15.9. The van der Waals surface area contributed by atoms with Gasteiger partial charge in [-0.15, -0.1) is 0 Å². The second-order valence-corrected chi connectivity index (χ2v) is 8.39. The molecule has 2 heterocycles. The minimum absolute atomic E-state index is 0.115. The predicted octanol–water partition coefficient (Wildman–Crippen LogP) is 5.87. The lowest BCUT2D eigenvalue weighted by Crippen LogP contribution is -2.12.